The van der Waals surface area contributed by atoms with Crippen molar-refractivity contribution in [3.8, 4) is 0 Å². The first-order valence-electron chi connectivity index (χ1n) is 6.23. The molecule has 17 heavy (non-hydrogen) atoms. The Hall–Kier alpha value is -0.650. The third kappa shape index (κ3) is 7.31. The minimum absolute atomic E-state index is 0.0560. The highest BCUT2D eigenvalue weighted by atomic mass is 16.5. The molecule has 1 unspecified atom stereocenters. The summed E-state index contributed by atoms with van der Waals surface area (Å²) in [6, 6.07) is -0.399. The second kappa shape index (κ2) is 9.39. The first kappa shape index (κ1) is 16.4. The van der Waals surface area contributed by atoms with Crippen molar-refractivity contribution >= 4 is 5.91 Å². The maximum Gasteiger partial charge on any atom is 0.237 e. The number of likely N-dealkylation sites (N-methyl/N-ethyl adjacent to an activating group) is 1. The van der Waals surface area contributed by atoms with E-state index < -0.39 is 6.04 Å². The minimum Gasteiger partial charge on any atom is -0.383 e. The van der Waals surface area contributed by atoms with Crippen molar-refractivity contribution in [2.24, 2.45) is 11.7 Å². The Morgan fingerprint density at radius 1 is 1.47 bits per heavy atom. The molecule has 0 aromatic carbocycles. The van der Waals surface area contributed by atoms with E-state index in [0.29, 0.717) is 13.2 Å². The van der Waals surface area contributed by atoms with E-state index >= 15 is 0 Å². The molecule has 5 heteroatoms. The van der Waals surface area contributed by atoms with Crippen LogP contribution in [0.5, 0.6) is 0 Å². The zero-order valence-electron chi connectivity index (χ0n) is 11.5. The van der Waals surface area contributed by atoms with Gasteiger partial charge in [-0.25, -0.2) is 0 Å². The Bertz CT molecular complexity index is 212. The molecule has 0 radical (unpaired) electrons. The molecule has 5 nitrogen and oxygen atoms in total. The molecule has 0 aliphatic carbocycles. The topological polar surface area (TPSA) is 67.6 Å². The van der Waals surface area contributed by atoms with Crippen LogP contribution in [-0.2, 0) is 9.53 Å². The van der Waals surface area contributed by atoms with Crippen LogP contribution in [0.4, 0.5) is 0 Å². The third-order valence-electron chi connectivity index (χ3n) is 3.03. The molecule has 0 saturated heterocycles. The molecular formula is C12H27N3O2. The monoisotopic (exact) mass is 245 g/mol. The number of carbonyl (C=O) groups is 1. The average Bonchev–Trinajstić information content (AvgIpc) is 2.34. The second-order valence-electron chi connectivity index (χ2n) is 4.50. The van der Waals surface area contributed by atoms with Crippen LogP contribution in [0.1, 0.15) is 20.3 Å². The van der Waals surface area contributed by atoms with Gasteiger partial charge in [-0.15, -0.1) is 0 Å². The number of amides is 1. The van der Waals surface area contributed by atoms with Crippen molar-refractivity contribution < 1.29 is 9.53 Å². The van der Waals surface area contributed by atoms with Gasteiger partial charge in [0.1, 0.15) is 0 Å². The molecule has 0 rings (SSSR count). The summed E-state index contributed by atoms with van der Waals surface area (Å²) in [6.45, 7) is 7.04. The summed E-state index contributed by atoms with van der Waals surface area (Å²) in [4.78, 5) is 13.8. The summed E-state index contributed by atoms with van der Waals surface area (Å²) in [5, 5.41) is 2.86. The van der Waals surface area contributed by atoms with E-state index in [4.69, 9.17) is 10.5 Å². The Balaban J connectivity index is 3.70. The van der Waals surface area contributed by atoms with Gasteiger partial charge in [0.05, 0.1) is 12.6 Å². The third-order valence-corrected chi connectivity index (χ3v) is 3.03. The van der Waals surface area contributed by atoms with E-state index in [9.17, 15) is 4.79 Å². The largest absolute Gasteiger partial charge is 0.383 e. The smallest absolute Gasteiger partial charge is 0.237 e. The predicted molar refractivity (Wildman–Crippen MR) is 69.8 cm³/mol. The normalized spacial score (nSPS) is 14.7. The molecule has 0 aromatic rings. The molecule has 0 aromatic heterocycles. The van der Waals surface area contributed by atoms with E-state index in [2.05, 4.69) is 10.2 Å². The van der Waals surface area contributed by atoms with Crippen molar-refractivity contribution in [3.63, 3.8) is 0 Å². The van der Waals surface area contributed by atoms with Gasteiger partial charge < -0.3 is 20.7 Å². The number of hydrogen-bond donors (Lipinski definition) is 2. The van der Waals surface area contributed by atoms with Crippen LogP contribution in [0.15, 0.2) is 0 Å². The standard InChI is InChI=1S/C12H27N3O2/c1-5-10(2)11(13)12(16)14-6-7-15(3)8-9-17-4/h10-11H,5-9,13H2,1-4H3,(H,14,16)/t10?,11-/m1/s1. The van der Waals surface area contributed by atoms with Crippen LogP contribution in [0.3, 0.4) is 0 Å². The molecule has 0 fully saturated rings. The van der Waals surface area contributed by atoms with Crippen LogP contribution in [0, 0.1) is 5.92 Å². The van der Waals surface area contributed by atoms with Crippen LogP contribution < -0.4 is 11.1 Å². The Morgan fingerprint density at radius 2 is 2.12 bits per heavy atom. The molecule has 1 amide bonds. The zero-order valence-corrected chi connectivity index (χ0v) is 11.5. The van der Waals surface area contributed by atoms with Gasteiger partial charge in [-0.3, -0.25) is 4.79 Å². The van der Waals surface area contributed by atoms with E-state index in [-0.39, 0.29) is 11.8 Å². The molecule has 2 atom stereocenters. The lowest BCUT2D eigenvalue weighted by atomic mass is 9.99. The van der Waals surface area contributed by atoms with Gasteiger partial charge in [0.2, 0.25) is 5.91 Å². The quantitative estimate of drug-likeness (QED) is 0.602. The first-order chi connectivity index (χ1) is 8.02. The van der Waals surface area contributed by atoms with Crippen LogP contribution in [-0.4, -0.2) is 57.2 Å². The molecule has 0 heterocycles. The number of ether oxygens (including phenoxy) is 1. The number of nitrogens with zero attached hydrogens (tertiary/aromatic N) is 1. The van der Waals surface area contributed by atoms with Gasteiger partial charge in [0, 0.05) is 26.7 Å². The summed E-state index contributed by atoms with van der Waals surface area (Å²) >= 11 is 0. The molecular weight excluding hydrogens is 218 g/mol. The van der Waals surface area contributed by atoms with Gasteiger partial charge in [-0.1, -0.05) is 20.3 Å². The minimum atomic E-state index is -0.399. The summed E-state index contributed by atoms with van der Waals surface area (Å²) in [7, 11) is 3.68. The lowest BCUT2D eigenvalue weighted by Gasteiger charge is -2.20. The number of hydrogen-bond acceptors (Lipinski definition) is 4. The maximum absolute atomic E-state index is 11.7. The van der Waals surface area contributed by atoms with Crippen molar-refractivity contribution in [3.05, 3.63) is 0 Å². The van der Waals surface area contributed by atoms with Gasteiger partial charge in [-0.05, 0) is 13.0 Å². The van der Waals surface area contributed by atoms with Crippen LogP contribution in [0.25, 0.3) is 0 Å². The van der Waals surface area contributed by atoms with Crippen molar-refractivity contribution in [2.45, 2.75) is 26.3 Å². The highest BCUT2D eigenvalue weighted by Crippen LogP contribution is 2.04. The summed E-state index contributed by atoms with van der Waals surface area (Å²) in [6.07, 6.45) is 0.919. The number of nitrogens with one attached hydrogen (secondary N) is 1. The lowest BCUT2D eigenvalue weighted by molar-refractivity contribution is -0.123. The summed E-state index contributed by atoms with van der Waals surface area (Å²) in [5.41, 5.74) is 5.82. The molecule has 0 saturated carbocycles. The highest BCUT2D eigenvalue weighted by molar-refractivity contribution is 5.81. The Morgan fingerprint density at radius 3 is 2.65 bits per heavy atom. The fraction of sp³-hybridized carbons (Fsp3) is 0.917. The zero-order chi connectivity index (χ0) is 13.3. The summed E-state index contributed by atoms with van der Waals surface area (Å²) in [5.74, 6) is 0.167. The van der Waals surface area contributed by atoms with Gasteiger partial charge >= 0.3 is 0 Å². The second-order valence-corrected chi connectivity index (χ2v) is 4.50. The van der Waals surface area contributed by atoms with E-state index in [1.807, 2.05) is 20.9 Å². The summed E-state index contributed by atoms with van der Waals surface area (Å²) < 4.78 is 4.98. The SMILES string of the molecule is CCC(C)[C@@H](N)C(=O)NCCN(C)CCOC. The van der Waals surface area contributed by atoms with E-state index in [1.165, 1.54) is 0 Å². The number of nitrogens with two attached hydrogens (primary N) is 1. The Labute approximate surface area is 105 Å². The van der Waals surface area contributed by atoms with Crippen molar-refractivity contribution in [2.75, 3.05) is 40.4 Å². The predicted octanol–water partition coefficient (Wildman–Crippen LogP) is 0.0542. The highest BCUT2D eigenvalue weighted by Gasteiger charge is 2.18. The molecule has 0 bridgehead atoms. The number of carbonyl (C=O) groups excluding carboxylic acids is 1. The lowest BCUT2D eigenvalue weighted by Crippen LogP contribution is -2.46. The molecule has 0 aliphatic heterocycles. The van der Waals surface area contributed by atoms with E-state index in [0.717, 1.165) is 19.5 Å². The van der Waals surface area contributed by atoms with Crippen molar-refractivity contribution in [1.82, 2.24) is 10.2 Å². The fourth-order valence-electron chi connectivity index (χ4n) is 1.36. The van der Waals surface area contributed by atoms with E-state index in [1.54, 1.807) is 7.11 Å². The van der Waals surface area contributed by atoms with Gasteiger partial charge in [-0.2, -0.15) is 0 Å². The number of methoxy groups -OCH3 is 1. The average molecular weight is 245 g/mol. The molecule has 3 N–H and O–H groups in total. The fourth-order valence-corrected chi connectivity index (χ4v) is 1.36. The maximum atomic E-state index is 11.7. The van der Waals surface area contributed by atoms with Crippen molar-refractivity contribution in [1.29, 1.82) is 0 Å². The number of rotatable bonds is 9. The molecule has 0 aliphatic rings. The Kier molecular flexibility index (Phi) is 9.03. The van der Waals surface area contributed by atoms with Crippen LogP contribution in [0.2, 0.25) is 0 Å². The van der Waals surface area contributed by atoms with Crippen LogP contribution >= 0.6 is 0 Å². The van der Waals surface area contributed by atoms with Gasteiger partial charge in [0.15, 0.2) is 0 Å². The molecule has 0 spiro atoms. The van der Waals surface area contributed by atoms with Gasteiger partial charge in [0.25, 0.3) is 0 Å². The molecule has 102 valence electrons. The first-order valence-corrected chi connectivity index (χ1v) is 6.23.